The first kappa shape index (κ1) is 25.1. The number of pyridine rings is 1. The summed E-state index contributed by atoms with van der Waals surface area (Å²) in [6, 6.07) is 10.7. The first-order valence-corrected chi connectivity index (χ1v) is 10.5. The molecule has 0 saturated carbocycles. The summed E-state index contributed by atoms with van der Waals surface area (Å²) >= 11 is 0. The van der Waals surface area contributed by atoms with Crippen LogP contribution in [-0.2, 0) is 11.3 Å². The van der Waals surface area contributed by atoms with Gasteiger partial charge in [-0.1, -0.05) is 0 Å². The summed E-state index contributed by atoms with van der Waals surface area (Å²) in [6.07, 6.45) is 2.71. The summed E-state index contributed by atoms with van der Waals surface area (Å²) < 4.78 is 18.4. The van der Waals surface area contributed by atoms with Crippen LogP contribution in [0.1, 0.15) is 18.9 Å². The molecule has 0 aliphatic carbocycles. The van der Waals surface area contributed by atoms with Crippen LogP contribution in [0.2, 0.25) is 0 Å². The average Bonchev–Trinajstić information content (AvgIpc) is 2.78. The number of piperazine rings is 1. The number of nitrogens with one attached hydrogen (secondary N) is 1. The Morgan fingerprint density at radius 1 is 1.16 bits per heavy atom. The van der Waals surface area contributed by atoms with Gasteiger partial charge in [0.1, 0.15) is 11.6 Å². The molecule has 7 nitrogen and oxygen atoms in total. The highest BCUT2D eigenvalue weighted by molar-refractivity contribution is 14.0. The number of anilines is 2. The zero-order valence-electron chi connectivity index (χ0n) is 18.0. The van der Waals surface area contributed by atoms with Crippen molar-refractivity contribution in [1.82, 2.24) is 10.3 Å². The van der Waals surface area contributed by atoms with Crippen LogP contribution in [0.3, 0.4) is 0 Å². The summed E-state index contributed by atoms with van der Waals surface area (Å²) in [5, 5.41) is 3.11. The topological polar surface area (TPSA) is 79.0 Å². The molecule has 2 aromatic rings. The van der Waals surface area contributed by atoms with Crippen molar-refractivity contribution in [3.8, 4) is 0 Å². The van der Waals surface area contributed by atoms with Gasteiger partial charge in [-0.25, -0.2) is 14.4 Å². The van der Waals surface area contributed by atoms with Crippen LogP contribution in [0.4, 0.5) is 15.9 Å². The zero-order chi connectivity index (χ0) is 21.2. The highest BCUT2D eigenvalue weighted by Crippen LogP contribution is 2.20. The SMILES string of the molecule is CCOCCCNC(N)=NCc1ccnc(N2CCN(c3ccc(F)cc3)CC2)c1.I. The summed E-state index contributed by atoms with van der Waals surface area (Å²) in [6.45, 7) is 8.15. The molecule has 1 fully saturated rings. The molecule has 2 heterocycles. The lowest BCUT2D eigenvalue weighted by Gasteiger charge is -2.36. The van der Waals surface area contributed by atoms with Gasteiger partial charge in [0.05, 0.1) is 6.54 Å². The number of aliphatic imine (C=N–C) groups is 1. The Labute approximate surface area is 200 Å². The molecule has 9 heteroatoms. The molecule has 0 radical (unpaired) electrons. The van der Waals surface area contributed by atoms with Crippen molar-refractivity contribution in [2.45, 2.75) is 19.9 Å². The van der Waals surface area contributed by atoms with Gasteiger partial charge in [-0.05, 0) is 55.3 Å². The molecule has 1 aromatic carbocycles. The maximum atomic E-state index is 13.1. The fraction of sp³-hybridized carbons (Fsp3) is 0.455. The normalized spacial score (nSPS) is 14.3. The number of hydrogen-bond donors (Lipinski definition) is 2. The first-order chi connectivity index (χ1) is 14.7. The van der Waals surface area contributed by atoms with Crippen molar-refractivity contribution >= 4 is 41.4 Å². The Hall–Kier alpha value is -2.14. The zero-order valence-corrected chi connectivity index (χ0v) is 20.3. The summed E-state index contributed by atoms with van der Waals surface area (Å²) in [5.41, 5.74) is 8.06. The van der Waals surface area contributed by atoms with E-state index in [0.29, 0.717) is 12.5 Å². The van der Waals surface area contributed by atoms with Crippen LogP contribution in [0.25, 0.3) is 0 Å². The Morgan fingerprint density at radius 3 is 2.58 bits per heavy atom. The predicted octanol–water partition coefficient (Wildman–Crippen LogP) is 3.00. The number of guanidine groups is 1. The predicted molar refractivity (Wildman–Crippen MR) is 135 cm³/mol. The van der Waals surface area contributed by atoms with E-state index in [9.17, 15) is 4.39 Å². The summed E-state index contributed by atoms with van der Waals surface area (Å²) in [7, 11) is 0. The van der Waals surface area contributed by atoms with Gasteiger partial charge in [0.2, 0.25) is 0 Å². The molecule has 1 saturated heterocycles. The number of nitrogens with zero attached hydrogens (tertiary/aromatic N) is 4. The fourth-order valence-corrected chi connectivity index (χ4v) is 3.34. The van der Waals surface area contributed by atoms with Crippen LogP contribution < -0.4 is 20.9 Å². The van der Waals surface area contributed by atoms with Crippen molar-refractivity contribution in [3.05, 3.63) is 54.0 Å². The van der Waals surface area contributed by atoms with E-state index in [-0.39, 0.29) is 29.8 Å². The Morgan fingerprint density at radius 2 is 1.87 bits per heavy atom. The maximum absolute atomic E-state index is 13.1. The molecular formula is C22H32FIN6O. The smallest absolute Gasteiger partial charge is 0.188 e. The quantitative estimate of drug-likeness (QED) is 0.220. The number of hydrogen-bond acceptors (Lipinski definition) is 5. The van der Waals surface area contributed by atoms with Gasteiger partial charge in [-0.15, -0.1) is 24.0 Å². The minimum atomic E-state index is -0.206. The molecular weight excluding hydrogens is 510 g/mol. The van der Waals surface area contributed by atoms with Gasteiger partial charge in [0.15, 0.2) is 5.96 Å². The largest absolute Gasteiger partial charge is 0.382 e. The van der Waals surface area contributed by atoms with Crippen LogP contribution in [0.5, 0.6) is 0 Å². The molecule has 170 valence electrons. The van der Waals surface area contributed by atoms with E-state index in [1.54, 1.807) is 0 Å². The molecule has 1 aliphatic rings. The number of benzene rings is 1. The Bertz CT molecular complexity index is 812. The number of halogens is 2. The van der Waals surface area contributed by atoms with Gasteiger partial charge in [0.25, 0.3) is 0 Å². The second-order valence-corrected chi connectivity index (χ2v) is 7.15. The molecule has 3 rings (SSSR count). The van der Waals surface area contributed by atoms with E-state index in [0.717, 1.165) is 69.4 Å². The molecule has 1 aromatic heterocycles. The molecule has 0 spiro atoms. The van der Waals surface area contributed by atoms with E-state index in [2.05, 4.69) is 31.2 Å². The fourth-order valence-electron chi connectivity index (χ4n) is 3.34. The van der Waals surface area contributed by atoms with Crippen molar-refractivity contribution in [3.63, 3.8) is 0 Å². The van der Waals surface area contributed by atoms with Crippen LogP contribution >= 0.6 is 24.0 Å². The number of rotatable bonds is 9. The van der Waals surface area contributed by atoms with Crippen molar-refractivity contribution < 1.29 is 9.13 Å². The van der Waals surface area contributed by atoms with Crippen LogP contribution in [-0.4, -0.2) is 56.9 Å². The van der Waals surface area contributed by atoms with E-state index < -0.39 is 0 Å². The van der Waals surface area contributed by atoms with Gasteiger partial charge < -0.3 is 25.6 Å². The molecule has 0 amide bonds. The minimum Gasteiger partial charge on any atom is -0.382 e. The first-order valence-electron chi connectivity index (χ1n) is 10.5. The van der Waals surface area contributed by atoms with Gasteiger partial charge in [-0.2, -0.15) is 0 Å². The summed E-state index contributed by atoms with van der Waals surface area (Å²) in [5.74, 6) is 1.19. The van der Waals surface area contributed by atoms with Gasteiger partial charge in [0, 0.05) is 57.8 Å². The molecule has 1 aliphatic heterocycles. The van der Waals surface area contributed by atoms with E-state index in [1.165, 1.54) is 12.1 Å². The van der Waals surface area contributed by atoms with Crippen molar-refractivity contribution in [2.24, 2.45) is 10.7 Å². The highest BCUT2D eigenvalue weighted by atomic mass is 127. The van der Waals surface area contributed by atoms with E-state index >= 15 is 0 Å². The van der Waals surface area contributed by atoms with Crippen LogP contribution in [0.15, 0.2) is 47.6 Å². The lowest BCUT2D eigenvalue weighted by Crippen LogP contribution is -2.46. The van der Waals surface area contributed by atoms with Crippen LogP contribution in [0, 0.1) is 5.82 Å². The second kappa shape index (κ2) is 13.3. The maximum Gasteiger partial charge on any atom is 0.188 e. The number of ether oxygens (including phenoxy) is 1. The minimum absolute atomic E-state index is 0. The van der Waals surface area contributed by atoms with Crippen molar-refractivity contribution in [2.75, 3.05) is 55.7 Å². The molecule has 31 heavy (non-hydrogen) atoms. The molecule has 0 atom stereocenters. The lowest BCUT2D eigenvalue weighted by atomic mass is 10.2. The monoisotopic (exact) mass is 542 g/mol. The molecule has 0 unspecified atom stereocenters. The third kappa shape index (κ3) is 8.13. The standard InChI is InChI=1S/C22H31FN6O.HI/c1-2-30-15-3-9-26-22(24)27-17-18-8-10-25-21(16-18)29-13-11-28(12-14-29)20-6-4-19(23)5-7-20;/h4-8,10,16H,2-3,9,11-15,17H2,1H3,(H3,24,26,27);1H. The average molecular weight is 542 g/mol. The molecule has 0 bridgehead atoms. The van der Waals surface area contributed by atoms with E-state index in [4.69, 9.17) is 10.5 Å². The third-order valence-electron chi connectivity index (χ3n) is 5.01. The summed E-state index contributed by atoms with van der Waals surface area (Å²) in [4.78, 5) is 13.5. The third-order valence-corrected chi connectivity index (χ3v) is 5.01. The Balaban J connectivity index is 0.00000341. The van der Waals surface area contributed by atoms with E-state index in [1.807, 2.05) is 31.3 Å². The number of nitrogens with two attached hydrogens (primary N) is 1. The molecule has 3 N–H and O–H groups in total. The second-order valence-electron chi connectivity index (χ2n) is 7.15. The number of aromatic nitrogens is 1. The highest BCUT2D eigenvalue weighted by Gasteiger charge is 2.18. The van der Waals surface area contributed by atoms with Gasteiger partial charge in [-0.3, -0.25) is 0 Å². The van der Waals surface area contributed by atoms with Crippen molar-refractivity contribution in [1.29, 1.82) is 0 Å². The Kier molecular flexibility index (Phi) is 10.8. The van der Waals surface area contributed by atoms with Gasteiger partial charge >= 0.3 is 0 Å². The lowest BCUT2D eigenvalue weighted by molar-refractivity contribution is 0.145.